The lowest BCUT2D eigenvalue weighted by Gasteiger charge is -2.14. The van der Waals surface area contributed by atoms with Crippen LogP contribution in [0.5, 0.6) is 11.6 Å². The number of nitrogens with zero attached hydrogens (tertiary/aromatic N) is 2. The molecule has 0 aliphatic heterocycles. The van der Waals surface area contributed by atoms with Gasteiger partial charge in [0, 0.05) is 17.0 Å². The highest BCUT2D eigenvalue weighted by Gasteiger charge is 2.13. The molecule has 0 aliphatic carbocycles. The Morgan fingerprint density at radius 3 is 2.50 bits per heavy atom. The van der Waals surface area contributed by atoms with Crippen molar-refractivity contribution in [3.63, 3.8) is 0 Å². The molecule has 1 N–H and O–H groups in total. The third-order valence-electron chi connectivity index (χ3n) is 3.21. The summed E-state index contributed by atoms with van der Waals surface area (Å²) in [4.78, 5) is 8.86. The van der Waals surface area contributed by atoms with Crippen LogP contribution in [0.2, 0.25) is 0 Å². The van der Waals surface area contributed by atoms with Gasteiger partial charge < -0.3 is 9.84 Å². The van der Waals surface area contributed by atoms with E-state index in [2.05, 4.69) is 9.97 Å². The van der Waals surface area contributed by atoms with Crippen LogP contribution in [-0.2, 0) is 13.0 Å². The number of rotatable bonds is 4. The Labute approximate surface area is 119 Å². The van der Waals surface area contributed by atoms with E-state index in [4.69, 9.17) is 4.74 Å². The minimum Gasteiger partial charge on any atom is -0.437 e. The SMILES string of the molecule is CCc1nc(C)ccc1Oc1nc(C)cc(C)c1CO. The van der Waals surface area contributed by atoms with Gasteiger partial charge >= 0.3 is 0 Å². The van der Waals surface area contributed by atoms with Gasteiger partial charge in [-0.15, -0.1) is 0 Å². The zero-order valence-corrected chi connectivity index (χ0v) is 12.4. The molecular weight excluding hydrogens is 252 g/mol. The van der Waals surface area contributed by atoms with Crippen LogP contribution >= 0.6 is 0 Å². The van der Waals surface area contributed by atoms with Gasteiger partial charge in [-0.2, -0.15) is 0 Å². The number of hydrogen-bond acceptors (Lipinski definition) is 4. The molecule has 4 heteroatoms. The van der Waals surface area contributed by atoms with Crippen LogP contribution in [0.4, 0.5) is 0 Å². The highest BCUT2D eigenvalue weighted by molar-refractivity contribution is 5.40. The van der Waals surface area contributed by atoms with Gasteiger partial charge in [-0.25, -0.2) is 4.98 Å². The number of hydrogen-bond donors (Lipinski definition) is 1. The number of aliphatic hydroxyl groups is 1. The molecule has 0 fully saturated rings. The summed E-state index contributed by atoms with van der Waals surface area (Å²) in [6.07, 6.45) is 0.788. The van der Waals surface area contributed by atoms with Gasteiger partial charge in [0.2, 0.25) is 5.88 Å². The number of pyridine rings is 2. The molecule has 2 aromatic rings. The van der Waals surface area contributed by atoms with Crippen molar-refractivity contribution in [1.29, 1.82) is 0 Å². The van der Waals surface area contributed by atoms with Crippen molar-refractivity contribution in [2.75, 3.05) is 0 Å². The van der Waals surface area contributed by atoms with Crippen molar-refractivity contribution < 1.29 is 9.84 Å². The molecule has 0 saturated heterocycles. The summed E-state index contributed by atoms with van der Waals surface area (Å²) >= 11 is 0. The van der Waals surface area contributed by atoms with Crippen LogP contribution in [0.3, 0.4) is 0 Å². The fourth-order valence-electron chi connectivity index (χ4n) is 2.15. The zero-order valence-electron chi connectivity index (χ0n) is 12.4. The van der Waals surface area contributed by atoms with E-state index >= 15 is 0 Å². The van der Waals surface area contributed by atoms with E-state index in [0.29, 0.717) is 11.6 Å². The van der Waals surface area contributed by atoms with Gasteiger partial charge in [0.05, 0.1) is 12.3 Å². The average molecular weight is 272 g/mol. The Morgan fingerprint density at radius 1 is 1.10 bits per heavy atom. The van der Waals surface area contributed by atoms with Crippen molar-refractivity contribution >= 4 is 0 Å². The molecule has 0 aromatic carbocycles. The second-order valence-electron chi connectivity index (χ2n) is 4.88. The van der Waals surface area contributed by atoms with Gasteiger partial charge in [0.25, 0.3) is 0 Å². The maximum absolute atomic E-state index is 9.50. The molecule has 20 heavy (non-hydrogen) atoms. The molecule has 0 radical (unpaired) electrons. The van der Waals surface area contributed by atoms with Crippen molar-refractivity contribution in [2.24, 2.45) is 0 Å². The molecule has 0 atom stereocenters. The van der Waals surface area contributed by atoms with E-state index in [1.54, 1.807) is 0 Å². The molecule has 0 bridgehead atoms. The number of ether oxygens (including phenoxy) is 1. The molecule has 0 unspecified atom stereocenters. The standard InChI is InChI=1S/C16H20N2O2/c1-5-14-15(7-6-11(3)17-14)20-16-13(9-19)10(2)8-12(4)18-16/h6-8,19H,5,9H2,1-4H3. The molecule has 2 rings (SSSR count). The highest BCUT2D eigenvalue weighted by atomic mass is 16.5. The van der Waals surface area contributed by atoms with E-state index in [-0.39, 0.29) is 6.61 Å². The zero-order chi connectivity index (χ0) is 14.7. The summed E-state index contributed by atoms with van der Waals surface area (Å²) < 4.78 is 5.91. The minimum absolute atomic E-state index is 0.0881. The lowest BCUT2D eigenvalue weighted by Crippen LogP contribution is -2.02. The average Bonchev–Trinajstić information content (AvgIpc) is 2.40. The Morgan fingerprint density at radius 2 is 1.85 bits per heavy atom. The predicted octanol–water partition coefficient (Wildman–Crippen LogP) is 3.25. The van der Waals surface area contributed by atoms with Gasteiger partial charge in [-0.3, -0.25) is 4.98 Å². The Hall–Kier alpha value is -1.94. The normalized spacial score (nSPS) is 10.7. The van der Waals surface area contributed by atoms with Gasteiger partial charge in [-0.1, -0.05) is 6.92 Å². The molecule has 0 aliphatic rings. The Kier molecular flexibility index (Phi) is 4.35. The van der Waals surface area contributed by atoms with Crippen molar-refractivity contribution in [3.05, 3.63) is 46.4 Å². The maximum atomic E-state index is 9.50. The summed E-state index contributed by atoms with van der Waals surface area (Å²) in [7, 11) is 0. The van der Waals surface area contributed by atoms with E-state index in [0.717, 1.165) is 34.6 Å². The van der Waals surface area contributed by atoms with Crippen LogP contribution < -0.4 is 4.74 Å². The Balaban J connectivity index is 2.44. The van der Waals surface area contributed by atoms with Crippen LogP contribution in [-0.4, -0.2) is 15.1 Å². The smallest absolute Gasteiger partial charge is 0.225 e. The van der Waals surface area contributed by atoms with Crippen LogP contribution in [0.1, 0.15) is 35.1 Å². The first kappa shape index (κ1) is 14.5. The predicted molar refractivity (Wildman–Crippen MR) is 78.1 cm³/mol. The molecule has 106 valence electrons. The highest BCUT2D eigenvalue weighted by Crippen LogP contribution is 2.28. The second kappa shape index (κ2) is 6.01. The lowest BCUT2D eigenvalue weighted by atomic mass is 10.1. The fraction of sp³-hybridized carbons (Fsp3) is 0.375. The summed E-state index contributed by atoms with van der Waals surface area (Å²) in [6.45, 7) is 7.76. The van der Waals surface area contributed by atoms with Crippen molar-refractivity contribution in [3.8, 4) is 11.6 Å². The molecule has 0 saturated carbocycles. The summed E-state index contributed by atoms with van der Waals surface area (Å²) in [5.74, 6) is 1.16. The minimum atomic E-state index is -0.0881. The van der Waals surface area contributed by atoms with Crippen molar-refractivity contribution in [2.45, 2.75) is 40.7 Å². The number of aliphatic hydroxyl groups excluding tert-OH is 1. The number of aromatic nitrogens is 2. The molecular formula is C16H20N2O2. The van der Waals surface area contributed by atoms with E-state index in [9.17, 15) is 5.11 Å². The molecule has 2 heterocycles. The molecule has 4 nitrogen and oxygen atoms in total. The fourth-order valence-corrected chi connectivity index (χ4v) is 2.15. The molecule has 2 aromatic heterocycles. The third-order valence-corrected chi connectivity index (χ3v) is 3.21. The molecule has 0 amide bonds. The van der Waals surface area contributed by atoms with Crippen LogP contribution in [0.25, 0.3) is 0 Å². The van der Waals surface area contributed by atoms with Crippen LogP contribution in [0.15, 0.2) is 18.2 Å². The van der Waals surface area contributed by atoms with E-state index < -0.39 is 0 Å². The van der Waals surface area contributed by atoms with Gasteiger partial charge in [-0.05, 0) is 51.0 Å². The molecule has 0 spiro atoms. The quantitative estimate of drug-likeness (QED) is 0.928. The summed E-state index contributed by atoms with van der Waals surface area (Å²) in [5, 5.41) is 9.50. The Bertz CT molecular complexity index is 624. The summed E-state index contributed by atoms with van der Waals surface area (Å²) in [6, 6.07) is 5.75. The first-order valence-electron chi connectivity index (χ1n) is 6.77. The van der Waals surface area contributed by atoms with E-state index in [1.807, 2.05) is 45.9 Å². The third kappa shape index (κ3) is 2.96. The topological polar surface area (TPSA) is 55.2 Å². The van der Waals surface area contributed by atoms with Crippen molar-refractivity contribution in [1.82, 2.24) is 9.97 Å². The first-order chi connectivity index (χ1) is 9.55. The van der Waals surface area contributed by atoms with Gasteiger partial charge in [0.15, 0.2) is 5.75 Å². The van der Waals surface area contributed by atoms with E-state index in [1.165, 1.54) is 0 Å². The first-order valence-corrected chi connectivity index (χ1v) is 6.77. The maximum Gasteiger partial charge on any atom is 0.225 e. The largest absolute Gasteiger partial charge is 0.437 e. The lowest BCUT2D eigenvalue weighted by molar-refractivity contribution is 0.273. The van der Waals surface area contributed by atoms with Crippen LogP contribution in [0, 0.1) is 20.8 Å². The second-order valence-corrected chi connectivity index (χ2v) is 4.88. The number of aryl methyl sites for hydroxylation is 4. The summed E-state index contributed by atoms with van der Waals surface area (Å²) in [5.41, 5.74) is 4.43. The van der Waals surface area contributed by atoms with Gasteiger partial charge in [0.1, 0.15) is 0 Å². The monoisotopic (exact) mass is 272 g/mol.